The minimum Gasteiger partial charge on any atom is -0.462 e. The number of rotatable bonds is 12. The molecule has 1 unspecified atom stereocenters. The van der Waals surface area contributed by atoms with Crippen LogP contribution in [0.4, 0.5) is 0 Å². The summed E-state index contributed by atoms with van der Waals surface area (Å²) >= 11 is 0. The number of hydrogen-bond acceptors (Lipinski definition) is 2. The van der Waals surface area contributed by atoms with E-state index in [1.165, 1.54) is 47.9 Å². The van der Waals surface area contributed by atoms with Crippen molar-refractivity contribution in [3.8, 4) is 22.3 Å². The first kappa shape index (κ1) is 26.4. The van der Waals surface area contributed by atoms with Gasteiger partial charge in [0.05, 0.1) is 12.2 Å². The van der Waals surface area contributed by atoms with Crippen LogP contribution in [0.5, 0.6) is 0 Å². The van der Waals surface area contributed by atoms with Gasteiger partial charge in [0.25, 0.3) is 0 Å². The zero-order chi connectivity index (χ0) is 25.9. The van der Waals surface area contributed by atoms with E-state index >= 15 is 0 Å². The Morgan fingerprint density at radius 2 is 1.05 bits per heavy atom. The van der Waals surface area contributed by atoms with Crippen molar-refractivity contribution in [3.63, 3.8) is 0 Å². The second-order valence-electron chi connectivity index (χ2n) is 9.81. The van der Waals surface area contributed by atoms with E-state index in [-0.39, 0.29) is 5.97 Å². The first-order valence-electron chi connectivity index (χ1n) is 13.7. The predicted molar refractivity (Wildman–Crippen MR) is 155 cm³/mol. The Bertz CT molecular complexity index is 1220. The fraction of sp³-hybridized carbons (Fsp3) is 0.286. The van der Waals surface area contributed by atoms with Gasteiger partial charge in [-0.15, -0.1) is 0 Å². The lowest BCUT2D eigenvalue weighted by Gasteiger charge is -2.14. The zero-order valence-electron chi connectivity index (χ0n) is 22.2. The Morgan fingerprint density at radius 1 is 0.595 bits per heavy atom. The highest BCUT2D eigenvalue weighted by Gasteiger charge is 2.11. The first-order valence-corrected chi connectivity index (χ1v) is 13.7. The highest BCUT2D eigenvalue weighted by molar-refractivity contribution is 5.90. The Balaban J connectivity index is 1.31. The van der Waals surface area contributed by atoms with E-state index in [2.05, 4.69) is 86.6 Å². The third-order valence-corrected chi connectivity index (χ3v) is 7.11. The Morgan fingerprint density at radius 3 is 1.59 bits per heavy atom. The summed E-state index contributed by atoms with van der Waals surface area (Å²) in [4.78, 5) is 12.4. The monoisotopic (exact) mass is 490 g/mol. The molecule has 2 heteroatoms. The highest BCUT2D eigenvalue weighted by atomic mass is 16.5. The smallest absolute Gasteiger partial charge is 0.338 e. The van der Waals surface area contributed by atoms with Crippen LogP contribution in [0.1, 0.15) is 79.8 Å². The maximum atomic E-state index is 12.4. The van der Waals surface area contributed by atoms with Crippen molar-refractivity contribution < 1.29 is 9.53 Å². The second-order valence-corrected chi connectivity index (χ2v) is 9.81. The van der Waals surface area contributed by atoms with E-state index < -0.39 is 0 Å². The summed E-state index contributed by atoms with van der Waals surface area (Å²) in [6.45, 7) is 4.97. The number of hydrogen-bond donors (Lipinski definition) is 0. The number of esters is 1. The van der Waals surface area contributed by atoms with Crippen LogP contribution < -0.4 is 0 Å². The molecule has 0 N–H and O–H groups in total. The molecule has 4 rings (SSSR count). The molecule has 1 atom stereocenters. The van der Waals surface area contributed by atoms with Crippen molar-refractivity contribution in [2.45, 2.75) is 58.3 Å². The fourth-order valence-electron chi connectivity index (χ4n) is 4.68. The van der Waals surface area contributed by atoms with E-state index in [1.54, 1.807) is 0 Å². The molecule has 0 aliphatic heterocycles. The van der Waals surface area contributed by atoms with E-state index in [9.17, 15) is 4.79 Å². The van der Waals surface area contributed by atoms with Gasteiger partial charge in [-0.2, -0.15) is 0 Å². The Labute approximate surface area is 222 Å². The van der Waals surface area contributed by atoms with Crippen LogP contribution in [0.3, 0.4) is 0 Å². The molecule has 37 heavy (non-hydrogen) atoms. The van der Waals surface area contributed by atoms with Gasteiger partial charge in [-0.3, -0.25) is 0 Å². The van der Waals surface area contributed by atoms with Crippen LogP contribution >= 0.6 is 0 Å². The molecule has 0 aromatic heterocycles. The van der Waals surface area contributed by atoms with Crippen molar-refractivity contribution >= 4 is 5.97 Å². The molecule has 0 heterocycles. The van der Waals surface area contributed by atoms with Gasteiger partial charge in [-0.25, -0.2) is 4.79 Å². The van der Waals surface area contributed by atoms with Gasteiger partial charge in [0.2, 0.25) is 0 Å². The second kappa shape index (κ2) is 13.6. The van der Waals surface area contributed by atoms with Crippen LogP contribution in [0, 0.1) is 0 Å². The maximum absolute atomic E-state index is 12.4. The molecule has 0 bridgehead atoms. The Kier molecular flexibility index (Phi) is 9.71. The van der Waals surface area contributed by atoms with E-state index in [1.807, 2.05) is 30.3 Å². The Hall–Kier alpha value is -3.65. The van der Waals surface area contributed by atoms with Crippen LogP contribution in [-0.4, -0.2) is 12.6 Å². The molecule has 4 aromatic carbocycles. The van der Waals surface area contributed by atoms with Gasteiger partial charge < -0.3 is 4.74 Å². The molecule has 0 aliphatic rings. The van der Waals surface area contributed by atoms with Gasteiger partial charge in [0, 0.05) is 5.92 Å². The van der Waals surface area contributed by atoms with Crippen molar-refractivity contribution in [1.29, 1.82) is 0 Å². The predicted octanol–water partition coefficient (Wildman–Crippen LogP) is 9.69. The van der Waals surface area contributed by atoms with Crippen LogP contribution in [0.2, 0.25) is 0 Å². The minimum absolute atomic E-state index is 0.234. The van der Waals surface area contributed by atoms with E-state index in [0.29, 0.717) is 18.1 Å². The number of unbranched alkanes of at least 4 members (excludes halogenated alkanes) is 5. The molecule has 0 fully saturated rings. The fourth-order valence-corrected chi connectivity index (χ4v) is 4.68. The quantitative estimate of drug-likeness (QED) is 0.146. The summed E-state index contributed by atoms with van der Waals surface area (Å²) in [5.41, 5.74) is 7.91. The average Bonchev–Trinajstić information content (AvgIpc) is 2.97. The van der Waals surface area contributed by atoms with E-state index in [4.69, 9.17) is 4.74 Å². The standard InChI is InChI=1S/C35H38O2/c1-3-4-5-6-7-11-26-37-35(36)34-24-22-33(23-25-34)32-20-16-29(17-21-32)27(2)28-14-18-31(19-15-28)30-12-9-8-10-13-30/h8-10,12-25,27H,3-7,11,26H2,1-2H3. The normalized spacial score (nSPS) is 11.7. The van der Waals surface area contributed by atoms with Gasteiger partial charge >= 0.3 is 5.97 Å². The van der Waals surface area contributed by atoms with Crippen molar-refractivity contribution in [2.24, 2.45) is 0 Å². The van der Waals surface area contributed by atoms with Crippen LogP contribution in [-0.2, 0) is 4.74 Å². The number of ether oxygens (including phenoxy) is 1. The van der Waals surface area contributed by atoms with Gasteiger partial charge in [0.1, 0.15) is 0 Å². The SMILES string of the molecule is CCCCCCCCOC(=O)c1ccc(-c2ccc(C(C)c3ccc(-c4ccccc4)cc3)cc2)cc1. The molecule has 0 saturated carbocycles. The van der Waals surface area contributed by atoms with E-state index in [0.717, 1.165) is 24.0 Å². The summed E-state index contributed by atoms with van der Waals surface area (Å²) < 4.78 is 5.46. The number of benzene rings is 4. The molecule has 4 aromatic rings. The third-order valence-electron chi connectivity index (χ3n) is 7.11. The molecule has 0 amide bonds. The van der Waals surface area contributed by atoms with Crippen LogP contribution in [0.15, 0.2) is 103 Å². The van der Waals surface area contributed by atoms with Gasteiger partial charge in [0.15, 0.2) is 0 Å². The summed E-state index contributed by atoms with van der Waals surface area (Å²) in [6, 6.07) is 35.8. The average molecular weight is 491 g/mol. The minimum atomic E-state index is -0.234. The van der Waals surface area contributed by atoms with Crippen molar-refractivity contribution in [1.82, 2.24) is 0 Å². The van der Waals surface area contributed by atoms with Crippen molar-refractivity contribution in [3.05, 3.63) is 120 Å². The molecule has 0 radical (unpaired) electrons. The largest absolute Gasteiger partial charge is 0.462 e. The lowest BCUT2D eigenvalue weighted by molar-refractivity contribution is 0.0497. The van der Waals surface area contributed by atoms with Crippen LogP contribution in [0.25, 0.3) is 22.3 Å². The molecule has 2 nitrogen and oxygen atoms in total. The van der Waals surface area contributed by atoms with Crippen molar-refractivity contribution in [2.75, 3.05) is 6.61 Å². The molecule has 0 spiro atoms. The lowest BCUT2D eigenvalue weighted by atomic mass is 9.90. The molecule has 190 valence electrons. The van der Waals surface area contributed by atoms with Gasteiger partial charge in [-0.05, 0) is 51.9 Å². The summed E-state index contributed by atoms with van der Waals surface area (Å²) in [7, 11) is 0. The lowest BCUT2D eigenvalue weighted by Crippen LogP contribution is -2.06. The van der Waals surface area contributed by atoms with Gasteiger partial charge in [-0.1, -0.05) is 137 Å². The maximum Gasteiger partial charge on any atom is 0.338 e. The molecular formula is C35H38O2. The summed E-state index contributed by atoms with van der Waals surface area (Å²) in [6.07, 6.45) is 7.09. The topological polar surface area (TPSA) is 26.3 Å². The summed E-state index contributed by atoms with van der Waals surface area (Å²) in [5.74, 6) is 0.0743. The number of carbonyl (C=O) groups excluding carboxylic acids is 1. The number of carbonyl (C=O) groups is 1. The molecule has 0 saturated heterocycles. The molecular weight excluding hydrogens is 452 g/mol. The zero-order valence-corrected chi connectivity index (χ0v) is 22.2. The first-order chi connectivity index (χ1) is 18.2. The highest BCUT2D eigenvalue weighted by Crippen LogP contribution is 2.29. The third kappa shape index (κ3) is 7.43. The molecule has 0 aliphatic carbocycles. The summed E-state index contributed by atoms with van der Waals surface area (Å²) in [5, 5.41) is 0.